The molecule has 0 unspecified atom stereocenters. The second-order valence-electron chi connectivity index (χ2n) is 9.31. The van der Waals surface area contributed by atoms with Gasteiger partial charge in [0.2, 0.25) is 0 Å². The molecule has 3 aliphatic heterocycles. The van der Waals surface area contributed by atoms with Crippen LogP contribution in [0.2, 0.25) is 0 Å². The molecule has 0 radical (unpaired) electrons. The molecule has 0 aromatic heterocycles. The Morgan fingerprint density at radius 1 is 1.23 bits per heavy atom. The minimum Gasteiger partial charge on any atom is -0.450 e. The number of halogens is 1. The molecule has 0 aliphatic carbocycles. The number of likely N-dealkylation sites (tertiary alicyclic amines) is 2. The minimum atomic E-state index is -0.246. The summed E-state index contributed by atoms with van der Waals surface area (Å²) >= 11 is 0. The first-order chi connectivity index (χ1) is 14.8. The molecule has 170 valence electrons. The number of hydrogen-bond acceptors (Lipinski definition) is 4. The molecule has 1 aromatic carbocycles. The maximum Gasteiger partial charge on any atom is 0.409 e. The summed E-state index contributed by atoms with van der Waals surface area (Å²) in [6.45, 7) is 7.14. The number of urea groups is 1. The second kappa shape index (κ2) is 8.65. The van der Waals surface area contributed by atoms with Crippen molar-refractivity contribution >= 4 is 17.8 Å². The Morgan fingerprint density at radius 3 is 2.65 bits per heavy atom. The normalized spacial score (nSPS) is 22.6. The third kappa shape index (κ3) is 4.22. The molecule has 0 saturated carbocycles. The van der Waals surface area contributed by atoms with Crippen molar-refractivity contribution in [1.29, 1.82) is 0 Å². The van der Waals surface area contributed by atoms with E-state index in [4.69, 9.17) is 4.74 Å². The maximum atomic E-state index is 14.1. The van der Waals surface area contributed by atoms with Crippen LogP contribution in [-0.2, 0) is 10.2 Å². The molecular weight excluding hydrogens is 399 g/mol. The van der Waals surface area contributed by atoms with Gasteiger partial charge in [-0.15, -0.1) is 0 Å². The van der Waals surface area contributed by atoms with E-state index in [0.29, 0.717) is 19.1 Å². The second-order valence-corrected chi connectivity index (χ2v) is 9.31. The predicted octanol–water partition coefficient (Wildman–Crippen LogP) is 3.14. The lowest BCUT2D eigenvalue weighted by molar-refractivity contribution is 0.111. The summed E-state index contributed by atoms with van der Waals surface area (Å²) in [5.74, 6) is 0.211. The van der Waals surface area contributed by atoms with Gasteiger partial charge in [0.05, 0.1) is 6.61 Å². The van der Waals surface area contributed by atoms with Gasteiger partial charge in [0.15, 0.2) is 0 Å². The average molecular weight is 433 g/mol. The van der Waals surface area contributed by atoms with Crippen molar-refractivity contribution in [2.24, 2.45) is 5.92 Å². The summed E-state index contributed by atoms with van der Waals surface area (Å²) in [6, 6.07) is 4.76. The van der Waals surface area contributed by atoms with E-state index in [1.807, 2.05) is 6.92 Å². The number of benzene rings is 1. The van der Waals surface area contributed by atoms with Gasteiger partial charge in [-0.3, -0.25) is 4.90 Å². The Balaban J connectivity index is 1.40. The van der Waals surface area contributed by atoms with E-state index < -0.39 is 0 Å². The molecule has 1 atom stereocenters. The number of hydrogen-bond donors (Lipinski definition) is 0. The van der Waals surface area contributed by atoms with Gasteiger partial charge >= 0.3 is 12.1 Å². The predicted molar refractivity (Wildman–Crippen MR) is 117 cm³/mol. The number of piperidine rings is 1. The summed E-state index contributed by atoms with van der Waals surface area (Å²) in [5, 5.41) is 0. The first kappa shape index (κ1) is 21.9. The molecule has 4 rings (SSSR count). The highest BCUT2D eigenvalue weighted by molar-refractivity contribution is 5.95. The van der Waals surface area contributed by atoms with Gasteiger partial charge in [-0.05, 0) is 69.0 Å². The lowest BCUT2D eigenvalue weighted by Crippen LogP contribution is -2.48. The van der Waals surface area contributed by atoms with Gasteiger partial charge in [0.1, 0.15) is 5.82 Å². The number of carbonyl (C=O) groups is 2. The molecule has 7 nitrogen and oxygen atoms in total. The molecule has 2 fully saturated rings. The molecule has 1 aromatic rings. The largest absolute Gasteiger partial charge is 0.450 e. The Bertz CT molecular complexity index is 838. The van der Waals surface area contributed by atoms with Crippen LogP contribution in [0.3, 0.4) is 0 Å². The summed E-state index contributed by atoms with van der Waals surface area (Å²) in [7, 11) is 3.50. The number of nitrogens with zero attached hydrogens (tertiary/aromatic N) is 4. The smallest absolute Gasteiger partial charge is 0.409 e. The maximum absolute atomic E-state index is 14.1. The van der Waals surface area contributed by atoms with Crippen molar-refractivity contribution in [2.45, 2.75) is 31.6 Å². The first-order valence-corrected chi connectivity index (χ1v) is 11.3. The first-order valence-electron chi connectivity index (χ1n) is 11.3. The molecular formula is C23H33FN4O3. The fourth-order valence-electron chi connectivity index (χ4n) is 5.37. The summed E-state index contributed by atoms with van der Waals surface area (Å²) < 4.78 is 19.2. The van der Waals surface area contributed by atoms with E-state index in [2.05, 4.69) is 4.90 Å². The molecule has 3 aliphatic rings. The third-order valence-corrected chi connectivity index (χ3v) is 7.04. The number of rotatable bonds is 3. The van der Waals surface area contributed by atoms with Crippen LogP contribution in [0.25, 0.3) is 0 Å². The van der Waals surface area contributed by atoms with Gasteiger partial charge in [0, 0.05) is 51.4 Å². The highest BCUT2D eigenvalue weighted by atomic mass is 19.1. The van der Waals surface area contributed by atoms with E-state index in [1.54, 1.807) is 40.9 Å². The molecule has 3 heterocycles. The average Bonchev–Trinajstić information content (AvgIpc) is 3.33. The zero-order valence-electron chi connectivity index (χ0n) is 18.8. The Hall–Kier alpha value is -2.35. The van der Waals surface area contributed by atoms with Gasteiger partial charge in [-0.2, -0.15) is 0 Å². The highest BCUT2D eigenvalue weighted by Gasteiger charge is 2.47. The molecule has 3 amide bonds. The Labute approximate surface area is 183 Å². The number of fused-ring (bicyclic) bond motifs is 2. The van der Waals surface area contributed by atoms with Crippen LogP contribution in [0.5, 0.6) is 0 Å². The summed E-state index contributed by atoms with van der Waals surface area (Å²) in [5.41, 5.74) is 1.62. The minimum absolute atomic E-state index is 0.0582. The fraction of sp³-hybridized carbons (Fsp3) is 0.652. The topological polar surface area (TPSA) is 56.3 Å². The lowest BCUT2D eigenvalue weighted by atomic mass is 9.74. The van der Waals surface area contributed by atoms with Crippen molar-refractivity contribution in [1.82, 2.24) is 14.7 Å². The zero-order chi connectivity index (χ0) is 22.2. The monoisotopic (exact) mass is 432 g/mol. The van der Waals surface area contributed by atoms with E-state index in [0.717, 1.165) is 63.2 Å². The summed E-state index contributed by atoms with van der Waals surface area (Å²) in [6.07, 6.45) is 2.58. The van der Waals surface area contributed by atoms with Crippen LogP contribution in [0.15, 0.2) is 18.2 Å². The SMILES string of the molecule is CCOC(=O)N1CC[C@@H](CN2CCC3(CC2)CN(C(=O)N(C)C)c2ccc(F)cc23)C1. The van der Waals surface area contributed by atoms with Crippen molar-refractivity contribution in [2.75, 3.05) is 64.9 Å². The standard InChI is InChI=1S/C23H33FN4O3/c1-4-31-22(30)27-10-7-17(15-27)14-26-11-8-23(9-12-26)16-28(21(29)25(2)3)20-6-5-18(24)13-19(20)23/h5-6,13,17H,4,7-12,14-16H2,1-3H3/t17-/m0/s1. The van der Waals surface area contributed by atoms with E-state index >= 15 is 0 Å². The van der Waals surface area contributed by atoms with Crippen LogP contribution < -0.4 is 4.90 Å². The van der Waals surface area contributed by atoms with Crippen LogP contribution in [-0.4, -0.2) is 86.8 Å². The molecule has 31 heavy (non-hydrogen) atoms. The zero-order valence-corrected chi connectivity index (χ0v) is 18.8. The van der Waals surface area contributed by atoms with Crippen molar-refractivity contribution in [3.05, 3.63) is 29.6 Å². The van der Waals surface area contributed by atoms with Gasteiger partial charge < -0.3 is 19.4 Å². The molecule has 0 bridgehead atoms. The van der Waals surface area contributed by atoms with E-state index in [1.165, 1.54) is 6.07 Å². The van der Waals surface area contributed by atoms with Gasteiger partial charge in [-0.25, -0.2) is 14.0 Å². The molecule has 1 spiro atoms. The lowest BCUT2D eigenvalue weighted by Gasteiger charge is -2.40. The molecule has 2 saturated heterocycles. The molecule has 0 N–H and O–H groups in total. The van der Waals surface area contributed by atoms with Crippen LogP contribution in [0, 0.1) is 11.7 Å². The van der Waals surface area contributed by atoms with Gasteiger partial charge in [0.25, 0.3) is 0 Å². The van der Waals surface area contributed by atoms with Crippen molar-refractivity contribution in [3.63, 3.8) is 0 Å². The fourth-order valence-corrected chi connectivity index (χ4v) is 5.37. The number of ether oxygens (including phenoxy) is 1. The Kier molecular flexibility index (Phi) is 6.10. The Morgan fingerprint density at radius 2 is 1.97 bits per heavy atom. The number of carbonyl (C=O) groups excluding carboxylic acids is 2. The quantitative estimate of drug-likeness (QED) is 0.736. The summed E-state index contributed by atoms with van der Waals surface area (Å²) in [4.78, 5) is 32.4. The van der Waals surface area contributed by atoms with Gasteiger partial charge in [-0.1, -0.05) is 0 Å². The van der Waals surface area contributed by atoms with Crippen LogP contribution in [0.4, 0.5) is 19.7 Å². The molecule has 8 heteroatoms. The van der Waals surface area contributed by atoms with Crippen LogP contribution >= 0.6 is 0 Å². The third-order valence-electron chi connectivity index (χ3n) is 7.04. The number of anilines is 1. The van der Waals surface area contributed by atoms with Crippen molar-refractivity contribution < 1.29 is 18.7 Å². The van der Waals surface area contributed by atoms with E-state index in [9.17, 15) is 14.0 Å². The number of amides is 3. The van der Waals surface area contributed by atoms with Crippen molar-refractivity contribution in [3.8, 4) is 0 Å². The van der Waals surface area contributed by atoms with E-state index in [-0.39, 0.29) is 23.4 Å². The highest BCUT2D eigenvalue weighted by Crippen LogP contribution is 2.47. The van der Waals surface area contributed by atoms with Crippen LogP contribution in [0.1, 0.15) is 31.7 Å².